The molecule has 22 heavy (non-hydrogen) atoms. The molecule has 0 spiro atoms. The van der Waals surface area contributed by atoms with Crippen molar-refractivity contribution in [3.63, 3.8) is 0 Å². The number of hydrogen-bond acceptors (Lipinski definition) is 3. The van der Waals surface area contributed by atoms with E-state index in [0.717, 1.165) is 12.8 Å². The third-order valence-electron chi connectivity index (χ3n) is 5.75. The fourth-order valence-electron chi connectivity index (χ4n) is 4.16. The first-order valence-corrected chi connectivity index (χ1v) is 7.83. The van der Waals surface area contributed by atoms with Crippen molar-refractivity contribution >= 4 is 5.97 Å². The highest BCUT2D eigenvalue weighted by molar-refractivity contribution is 5.92. The molecule has 0 saturated heterocycles. The van der Waals surface area contributed by atoms with E-state index in [0.29, 0.717) is 17.0 Å². The zero-order valence-electron chi connectivity index (χ0n) is 13.3. The predicted octanol–water partition coefficient (Wildman–Crippen LogP) is 3.01. The van der Waals surface area contributed by atoms with Gasteiger partial charge in [0, 0.05) is 11.0 Å². The van der Waals surface area contributed by atoms with Gasteiger partial charge >= 0.3 is 5.97 Å². The molecule has 3 unspecified atom stereocenters. The lowest BCUT2D eigenvalue weighted by atomic mass is 9.65. The van der Waals surface area contributed by atoms with Crippen LogP contribution in [0, 0.1) is 29.1 Å². The summed E-state index contributed by atoms with van der Waals surface area (Å²) in [5.41, 5.74) is -0.120. The number of methoxy groups -OCH3 is 1. The van der Waals surface area contributed by atoms with Gasteiger partial charge in [0.1, 0.15) is 5.60 Å². The zero-order chi connectivity index (χ0) is 16.0. The van der Waals surface area contributed by atoms with Crippen LogP contribution in [0.1, 0.15) is 49.0 Å². The van der Waals surface area contributed by atoms with Gasteiger partial charge < -0.3 is 9.84 Å². The maximum Gasteiger partial charge on any atom is 0.339 e. The van der Waals surface area contributed by atoms with Crippen LogP contribution in [0.5, 0.6) is 0 Å². The summed E-state index contributed by atoms with van der Waals surface area (Å²) in [7, 11) is 1.36. The smallest absolute Gasteiger partial charge is 0.339 e. The van der Waals surface area contributed by atoms with Gasteiger partial charge in [0.05, 0.1) is 12.7 Å². The van der Waals surface area contributed by atoms with Crippen molar-refractivity contribution in [2.45, 2.75) is 38.7 Å². The number of fused-ring (bicyclic) bond motifs is 2. The Kier molecular flexibility index (Phi) is 3.53. The molecular weight excluding hydrogens is 276 g/mol. The molecule has 3 nitrogen and oxygen atoms in total. The molecule has 1 aromatic rings. The lowest BCUT2D eigenvalue weighted by Crippen LogP contribution is -2.48. The number of esters is 1. The van der Waals surface area contributed by atoms with Gasteiger partial charge in [-0.15, -0.1) is 0 Å². The second-order valence-corrected chi connectivity index (χ2v) is 6.98. The van der Waals surface area contributed by atoms with Crippen LogP contribution in [0.2, 0.25) is 0 Å². The van der Waals surface area contributed by atoms with Gasteiger partial charge in [0.15, 0.2) is 0 Å². The Morgan fingerprint density at radius 1 is 1.27 bits per heavy atom. The minimum atomic E-state index is -0.973. The van der Waals surface area contributed by atoms with Gasteiger partial charge in [0.2, 0.25) is 0 Å². The Hall–Kier alpha value is -1.79. The maximum absolute atomic E-state index is 11.8. The average Bonchev–Trinajstić information content (AvgIpc) is 3.08. The Labute approximate surface area is 131 Å². The number of carbonyl (C=O) groups excluding carboxylic acids is 1. The van der Waals surface area contributed by atoms with E-state index in [2.05, 4.69) is 25.7 Å². The summed E-state index contributed by atoms with van der Waals surface area (Å²) in [6.45, 7) is 4.22. The molecule has 2 aliphatic carbocycles. The number of ether oxygens (including phenoxy) is 1. The van der Waals surface area contributed by atoms with E-state index in [1.807, 2.05) is 6.07 Å². The van der Waals surface area contributed by atoms with Crippen LogP contribution in [-0.4, -0.2) is 23.8 Å². The molecule has 0 heterocycles. The molecule has 2 fully saturated rings. The second kappa shape index (κ2) is 5.14. The van der Waals surface area contributed by atoms with Crippen molar-refractivity contribution in [1.29, 1.82) is 0 Å². The number of rotatable bonds is 1. The van der Waals surface area contributed by atoms with Crippen molar-refractivity contribution < 1.29 is 14.6 Å². The van der Waals surface area contributed by atoms with Crippen LogP contribution in [-0.2, 0) is 4.74 Å². The molecule has 2 bridgehead atoms. The number of aliphatic hydroxyl groups is 1. The van der Waals surface area contributed by atoms with Crippen LogP contribution in [0.3, 0.4) is 0 Å². The van der Waals surface area contributed by atoms with E-state index < -0.39 is 11.6 Å². The van der Waals surface area contributed by atoms with E-state index in [1.165, 1.54) is 13.5 Å². The minimum absolute atomic E-state index is 0.205. The number of carbonyl (C=O) groups is 1. The van der Waals surface area contributed by atoms with Crippen molar-refractivity contribution in [3.8, 4) is 11.8 Å². The molecule has 1 N–H and O–H groups in total. The topological polar surface area (TPSA) is 46.5 Å². The van der Waals surface area contributed by atoms with E-state index >= 15 is 0 Å². The third kappa shape index (κ3) is 2.06. The highest BCUT2D eigenvalue weighted by Crippen LogP contribution is 2.61. The molecule has 116 valence electrons. The van der Waals surface area contributed by atoms with Gasteiger partial charge in [-0.05, 0) is 43.2 Å². The van der Waals surface area contributed by atoms with Gasteiger partial charge in [-0.2, -0.15) is 0 Å². The van der Waals surface area contributed by atoms with Gasteiger partial charge in [-0.3, -0.25) is 0 Å². The highest BCUT2D eigenvalue weighted by Gasteiger charge is 2.61. The van der Waals surface area contributed by atoms with Crippen LogP contribution in [0.4, 0.5) is 0 Å². The summed E-state index contributed by atoms with van der Waals surface area (Å²) >= 11 is 0. The molecule has 3 heteroatoms. The predicted molar refractivity (Wildman–Crippen MR) is 84.2 cm³/mol. The number of benzene rings is 1. The van der Waals surface area contributed by atoms with Gasteiger partial charge in [-0.1, -0.05) is 37.8 Å². The fraction of sp³-hybridized carbons (Fsp3) is 0.526. The first kappa shape index (κ1) is 15.1. The molecule has 0 radical (unpaired) electrons. The SMILES string of the molecule is COC(=O)c1ccccc1C#CC1(O)C2CCC(C2)C1(C)C. The largest absolute Gasteiger partial charge is 0.465 e. The molecular formula is C19H22O3. The Bertz CT molecular complexity index is 665. The monoisotopic (exact) mass is 298 g/mol. The normalized spacial score (nSPS) is 31.5. The summed E-state index contributed by atoms with van der Waals surface area (Å²) in [6, 6.07) is 7.12. The average molecular weight is 298 g/mol. The van der Waals surface area contributed by atoms with E-state index in [1.54, 1.807) is 18.2 Å². The standard InChI is InChI=1S/C19H22O3/c1-18(2)14-8-9-15(12-14)19(18,21)11-10-13-6-4-5-7-16(13)17(20)22-3/h4-7,14-15,21H,8-9,12H2,1-3H3. The summed E-state index contributed by atoms with van der Waals surface area (Å²) in [5, 5.41) is 11.2. The molecule has 3 atom stereocenters. The van der Waals surface area contributed by atoms with Gasteiger partial charge in [-0.25, -0.2) is 4.79 Å². The minimum Gasteiger partial charge on any atom is -0.465 e. The summed E-state index contributed by atoms with van der Waals surface area (Å²) in [5.74, 6) is 6.54. The van der Waals surface area contributed by atoms with Crippen LogP contribution >= 0.6 is 0 Å². The first-order chi connectivity index (χ1) is 10.4. The van der Waals surface area contributed by atoms with Crippen LogP contribution in [0.15, 0.2) is 24.3 Å². The maximum atomic E-state index is 11.8. The van der Waals surface area contributed by atoms with Crippen LogP contribution in [0.25, 0.3) is 0 Å². The molecule has 2 aliphatic rings. The number of hydrogen-bond donors (Lipinski definition) is 1. The summed E-state index contributed by atoms with van der Waals surface area (Å²) in [4.78, 5) is 11.8. The van der Waals surface area contributed by atoms with Crippen molar-refractivity contribution in [2.24, 2.45) is 17.3 Å². The highest BCUT2D eigenvalue weighted by atomic mass is 16.5. The fourth-order valence-corrected chi connectivity index (χ4v) is 4.16. The Morgan fingerprint density at radius 2 is 1.95 bits per heavy atom. The van der Waals surface area contributed by atoms with E-state index in [-0.39, 0.29) is 11.3 Å². The quantitative estimate of drug-likeness (QED) is 0.640. The van der Waals surface area contributed by atoms with E-state index in [9.17, 15) is 9.90 Å². The molecule has 3 rings (SSSR count). The van der Waals surface area contributed by atoms with Gasteiger partial charge in [0.25, 0.3) is 0 Å². The van der Waals surface area contributed by atoms with Crippen LogP contribution < -0.4 is 0 Å². The summed E-state index contributed by atoms with van der Waals surface area (Å²) in [6.07, 6.45) is 3.27. The molecule has 0 amide bonds. The molecule has 1 aromatic carbocycles. The van der Waals surface area contributed by atoms with Crippen molar-refractivity contribution in [2.75, 3.05) is 7.11 Å². The lowest BCUT2D eigenvalue weighted by molar-refractivity contribution is -0.0573. The first-order valence-electron chi connectivity index (χ1n) is 7.83. The second-order valence-electron chi connectivity index (χ2n) is 6.98. The Balaban J connectivity index is 1.99. The lowest BCUT2D eigenvalue weighted by Gasteiger charge is -2.42. The molecule has 0 aromatic heterocycles. The van der Waals surface area contributed by atoms with E-state index in [4.69, 9.17) is 4.74 Å². The van der Waals surface area contributed by atoms with Crippen molar-refractivity contribution in [3.05, 3.63) is 35.4 Å². The third-order valence-corrected chi connectivity index (χ3v) is 5.75. The molecule has 2 saturated carbocycles. The van der Waals surface area contributed by atoms with Crippen molar-refractivity contribution in [1.82, 2.24) is 0 Å². The zero-order valence-corrected chi connectivity index (χ0v) is 13.3. The molecule has 0 aliphatic heterocycles. The summed E-state index contributed by atoms with van der Waals surface area (Å²) < 4.78 is 4.79. The Morgan fingerprint density at radius 3 is 2.59 bits per heavy atom.